The molecule has 76 valence electrons. The van der Waals surface area contributed by atoms with Gasteiger partial charge in [-0.05, 0) is 51.7 Å². The van der Waals surface area contributed by atoms with E-state index in [1.54, 1.807) is 0 Å². The molecular formula is C12H17NO. The summed E-state index contributed by atoms with van der Waals surface area (Å²) in [6, 6.07) is 2.13. The van der Waals surface area contributed by atoms with E-state index >= 15 is 0 Å². The van der Waals surface area contributed by atoms with Gasteiger partial charge < -0.3 is 5.11 Å². The van der Waals surface area contributed by atoms with E-state index in [4.69, 9.17) is 0 Å². The smallest absolute Gasteiger partial charge is 0.0858 e. The van der Waals surface area contributed by atoms with Gasteiger partial charge in [-0.1, -0.05) is 0 Å². The van der Waals surface area contributed by atoms with Crippen molar-refractivity contribution in [1.82, 2.24) is 4.98 Å². The predicted octanol–water partition coefficient (Wildman–Crippen LogP) is 2.11. The van der Waals surface area contributed by atoms with Crippen LogP contribution in [-0.4, -0.2) is 10.1 Å². The van der Waals surface area contributed by atoms with E-state index in [2.05, 4.69) is 11.1 Å². The Morgan fingerprint density at radius 2 is 2.07 bits per heavy atom. The van der Waals surface area contributed by atoms with Crippen molar-refractivity contribution >= 4 is 0 Å². The number of rotatable bonds is 1. The summed E-state index contributed by atoms with van der Waals surface area (Å²) in [6.07, 6.45) is 3.42. The highest BCUT2D eigenvalue weighted by Crippen LogP contribution is 2.28. The molecule has 0 spiro atoms. The number of aryl methyl sites for hydroxylation is 3. The number of nitrogens with zero attached hydrogens (tertiary/aromatic N) is 1. The van der Waals surface area contributed by atoms with Crippen LogP contribution in [0.5, 0.6) is 0 Å². The third-order valence-corrected chi connectivity index (χ3v) is 2.90. The third-order valence-electron chi connectivity index (χ3n) is 2.90. The number of fused-ring (bicyclic) bond motifs is 1. The zero-order valence-corrected chi connectivity index (χ0v) is 9.09. The summed E-state index contributed by atoms with van der Waals surface area (Å²) in [6.45, 7) is 5.61. The first kappa shape index (κ1) is 9.66. The number of pyridine rings is 1. The topological polar surface area (TPSA) is 33.1 Å². The van der Waals surface area contributed by atoms with E-state index in [1.165, 1.54) is 17.7 Å². The summed E-state index contributed by atoms with van der Waals surface area (Å²) in [5.74, 6) is 0. The molecule has 14 heavy (non-hydrogen) atoms. The van der Waals surface area contributed by atoms with Crippen LogP contribution in [0.3, 0.4) is 0 Å². The third kappa shape index (κ3) is 1.55. The van der Waals surface area contributed by atoms with Gasteiger partial charge in [0.1, 0.15) is 0 Å². The van der Waals surface area contributed by atoms with Crippen molar-refractivity contribution < 1.29 is 5.11 Å². The van der Waals surface area contributed by atoms with Crippen LogP contribution in [0, 0.1) is 6.92 Å². The first-order valence-electron chi connectivity index (χ1n) is 5.21. The maximum Gasteiger partial charge on any atom is 0.0858 e. The molecular weight excluding hydrogens is 174 g/mol. The highest BCUT2D eigenvalue weighted by Gasteiger charge is 2.22. The molecule has 0 radical (unpaired) electrons. The predicted molar refractivity (Wildman–Crippen MR) is 56.2 cm³/mol. The second kappa shape index (κ2) is 3.06. The minimum absolute atomic E-state index is 0.769. The van der Waals surface area contributed by atoms with Crippen molar-refractivity contribution in [2.75, 3.05) is 0 Å². The summed E-state index contributed by atoms with van der Waals surface area (Å²) in [5.41, 5.74) is 3.73. The normalized spacial score (nSPS) is 15.7. The van der Waals surface area contributed by atoms with Crippen LogP contribution in [0.1, 0.15) is 42.8 Å². The van der Waals surface area contributed by atoms with Gasteiger partial charge in [-0.15, -0.1) is 0 Å². The van der Waals surface area contributed by atoms with Gasteiger partial charge in [0.2, 0.25) is 0 Å². The zero-order valence-electron chi connectivity index (χ0n) is 9.09. The molecule has 0 amide bonds. The summed E-state index contributed by atoms with van der Waals surface area (Å²) < 4.78 is 0. The molecule has 2 heteroatoms. The van der Waals surface area contributed by atoms with Crippen molar-refractivity contribution in [2.24, 2.45) is 0 Å². The molecule has 0 bridgehead atoms. The zero-order chi connectivity index (χ0) is 10.3. The van der Waals surface area contributed by atoms with Crippen molar-refractivity contribution in [3.05, 3.63) is 28.6 Å². The highest BCUT2D eigenvalue weighted by atomic mass is 16.3. The van der Waals surface area contributed by atoms with Crippen LogP contribution < -0.4 is 0 Å². The SMILES string of the molecule is Cc1nc2c(cc1C(C)(C)O)CCC2. The fraction of sp³-hybridized carbons (Fsp3) is 0.583. The Morgan fingerprint density at radius 1 is 1.36 bits per heavy atom. The van der Waals surface area contributed by atoms with Gasteiger partial charge in [0.25, 0.3) is 0 Å². The Bertz CT molecular complexity index is 363. The minimum atomic E-state index is -0.769. The molecule has 1 aromatic rings. The van der Waals surface area contributed by atoms with Gasteiger partial charge in [0.05, 0.1) is 5.60 Å². The highest BCUT2D eigenvalue weighted by molar-refractivity contribution is 5.35. The molecule has 0 aromatic carbocycles. The Morgan fingerprint density at radius 3 is 2.71 bits per heavy atom. The van der Waals surface area contributed by atoms with E-state index in [0.29, 0.717) is 0 Å². The fourth-order valence-electron chi connectivity index (χ4n) is 2.19. The van der Waals surface area contributed by atoms with Gasteiger partial charge >= 0.3 is 0 Å². The molecule has 2 rings (SSSR count). The lowest BCUT2D eigenvalue weighted by atomic mass is 9.95. The average molecular weight is 191 g/mol. The van der Waals surface area contributed by atoms with Crippen molar-refractivity contribution in [3.63, 3.8) is 0 Å². The maximum absolute atomic E-state index is 9.96. The molecule has 0 atom stereocenters. The summed E-state index contributed by atoms with van der Waals surface area (Å²) >= 11 is 0. The number of hydrogen-bond acceptors (Lipinski definition) is 2. The monoisotopic (exact) mass is 191 g/mol. The second-order valence-electron chi connectivity index (χ2n) is 4.64. The van der Waals surface area contributed by atoms with Crippen molar-refractivity contribution in [1.29, 1.82) is 0 Å². The first-order chi connectivity index (χ1) is 6.48. The molecule has 0 aliphatic heterocycles. The fourth-order valence-corrected chi connectivity index (χ4v) is 2.19. The van der Waals surface area contributed by atoms with Crippen molar-refractivity contribution in [2.45, 2.75) is 45.6 Å². The Kier molecular flexibility index (Phi) is 2.11. The summed E-state index contributed by atoms with van der Waals surface area (Å²) in [5, 5.41) is 9.96. The average Bonchev–Trinajstić information content (AvgIpc) is 2.47. The quantitative estimate of drug-likeness (QED) is 0.737. The summed E-state index contributed by atoms with van der Waals surface area (Å²) in [7, 11) is 0. The molecule has 1 N–H and O–H groups in total. The van der Waals surface area contributed by atoms with Gasteiger partial charge in [0.15, 0.2) is 0 Å². The van der Waals surface area contributed by atoms with E-state index in [-0.39, 0.29) is 0 Å². The second-order valence-corrected chi connectivity index (χ2v) is 4.64. The van der Waals surface area contributed by atoms with Crippen LogP contribution in [0.2, 0.25) is 0 Å². The molecule has 0 saturated carbocycles. The lowest BCUT2D eigenvalue weighted by molar-refractivity contribution is 0.0774. The number of aliphatic hydroxyl groups is 1. The number of aromatic nitrogens is 1. The van der Waals surface area contributed by atoms with Gasteiger partial charge in [-0.25, -0.2) is 0 Å². The van der Waals surface area contributed by atoms with Gasteiger partial charge in [0, 0.05) is 17.0 Å². The number of hydrogen-bond donors (Lipinski definition) is 1. The van der Waals surface area contributed by atoms with E-state index in [0.717, 1.165) is 24.1 Å². The molecule has 0 unspecified atom stereocenters. The summed E-state index contributed by atoms with van der Waals surface area (Å²) in [4.78, 5) is 4.56. The van der Waals surface area contributed by atoms with Gasteiger partial charge in [-0.3, -0.25) is 4.98 Å². The van der Waals surface area contributed by atoms with Crippen LogP contribution in [0.15, 0.2) is 6.07 Å². The maximum atomic E-state index is 9.96. The molecule has 1 aliphatic carbocycles. The van der Waals surface area contributed by atoms with E-state index < -0.39 is 5.60 Å². The standard InChI is InChI=1S/C12H17NO/c1-8-10(12(2,3)14)7-9-5-4-6-11(9)13-8/h7,14H,4-6H2,1-3H3. The first-order valence-corrected chi connectivity index (χ1v) is 5.21. The minimum Gasteiger partial charge on any atom is -0.386 e. The molecule has 1 aliphatic rings. The molecule has 2 nitrogen and oxygen atoms in total. The molecule has 0 saturated heterocycles. The Hall–Kier alpha value is -0.890. The Labute approximate surface area is 85.0 Å². The molecule has 1 aromatic heterocycles. The largest absolute Gasteiger partial charge is 0.386 e. The van der Waals surface area contributed by atoms with Crippen LogP contribution in [0.25, 0.3) is 0 Å². The van der Waals surface area contributed by atoms with Crippen LogP contribution >= 0.6 is 0 Å². The van der Waals surface area contributed by atoms with E-state index in [1.807, 2.05) is 20.8 Å². The molecule has 1 heterocycles. The van der Waals surface area contributed by atoms with Gasteiger partial charge in [-0.2, -0.15) is 0 Å². The lowest BCUT2D eigenvalue weighted by Crippen LogP contribution is -2.18. The lowest BCUT2D eigenvalue weighted by Gasteiger charge is -2.20. The van der Waals surface area contributed by atoms with E-state index in [9.17, 15) is 5.11 Å². The van der Waals surface area contributed by atoms with Crippen LogP contribution in [-0.2, 0) is 18.4 Å². The van der Waals surface area contributed by atoms with Crippen LogP contribution in [0.4, 0.5) is 0 Å². The Balaban J connectivity index is 2.53. The molecule has 0 fully saturated rings. The van der Waals surface area contributed by atoms with Crippen molar-refractivity contribution in [3.8, 4) is 0 Å².